The standard InChI is InChI=1S/C11H13FOS/c1-8(7-14)6-13-10-4-3-9(2)11(12)5-10/h3-5,14H,1,6-7H2,2H3. The van der Waals surface area contributed by atoms with Crippen molar-refractivity contribution in [2.45, 2.75) is 6.92 Å². The first-order valence-electron chi connectivity index (χ1n) is 4.30. The maximum atomic E-state index is 13.1. The van der Waals surface area contributed by atoms with Crippen molar-refractivity contribution in [2.24, 2.45) is 0 Å². The van der Waals surface area contributed by atoms with Crippen molar-refractivity contribution >= 4 is 12.6 Å². The Labute approximate surface area is 89.0 Å². The molecule has 0 unspecified atom stereocenters. The van der Waals surface area contributed by atoms with Gasteiger partial charge in [-0.25, -0.2) is 4.39 Å². The zero-order valence-electron chi connectivity index (χ0n) is 8.09. The Morgan fingerprint density at radius 2 is 2.29 bits per heavy atom. The molecule has 0 atom stereocenters. The first-order chi connectivity index (χ1) is 6.63. The average molecular weight is 212 g/mol. The van der Waals surface area contributed by atoms with Crippen LogP contribution in [0, 0.1) is 12.7 Å². The number of hydrogen-bond donors (Lipinski definition) is 1. The fraction of sp³-hybridized carbons (Fsp3) is 0.273. The van der Waals surface area contributed by atoms with E-state index in [4.69, 9.17) is 4.74 Å². The van der Waals surface area contributed by atoms with E-state index in [1.165, 1.54) is 6.07 Å². The second-order valence-electron chi connectivity index (χ2n) is 3.11. The van der Waals surface area contributed by atoms with E-state index in [0.29, 0.717) is 23.7 Å². The third-order valence-electron chi connectivity index (χ3n) is 1.81. The molecule has 0 saturated carbocycles. The Kier molecular flexibility index (Phi) is 4.01. The molecule has 0 N–H and O–H groups in total. The van der Waals surface area contributed by atoms with E-state index in [1.807, 2.05) is 0 Å². The van der Waals surface area contributed by atoms with Crippen LogP contribution in [0.4, 0.5) is 4.39 Å². The highest BCUT2D eigenvalue weighted by atomic mass is 32.1. The highest BCUT2D eigenvalue weighted by Gasteiger charge is 2.00. The van der Waals surface area contributed by atoms with Gasteiger partial charge in [-0.05, 0) is 24.1 Å². The zero-order valence-corrected chi connectivity index (χ0v) is 8.98. The number of thiol groups is 1. The van der Waals surface area contributed by atoms with Crippen LogP contribution in [-0.2, 0) is 0 Å². The minimum Gasteiger partial charge on any atom is -0.489 e. The Morgan fingerprint density at radius 3 is 2.86 bits per heavy atom. The van der Waals surface area contributed by atoms with Gasteiger partial charge in [0.05, 0.1) is 0 Å². The lowest BCUT2D eigenvalue weighted by atomic mass is 10.2. The third-order valence-corrected chi connectivity index (χ3v) is 2.26. The Morgan fingerprint density at radius 1 is 1.57 bits per heavy atom. The van der Waals surface area contributed by atoms with Crippen LogP contribution < -0.4 is 4.74 Å². The second kappa shape index (κ2) is 5.05. The summed E-state index contributed by atoms with van der Waals surface area (Å²) >= 11 is 4.04. The van der Waals surface area contributed by atoms with Crippen LogP contribution in [0.3, 0.4) is 0 Å². The highest BCUT2D eigenvalue weighted by molar-refractivity contribution is 7.80. The van der Waals surface area contributed by atoms with Crippen molar-refractivity contribution in [1.29, 1.82) is 0 Å². The topological polar surface area (TPSA) is 9.23 Å². The predicted octanol–water partition coefficient (Wildman–Crippen LogP) is 3.00. The normalized spacial score (nSPS) is 9.93. The minimum atomic E-state index is -0.251. The summed E-state index contributed by atoms with van der Waals surface area (Å²) in [6, 6.07) is 4.81. The fourth-order valence-electron chi connectivity index (χ4n) is 0.894. The fourth-order valence-corrected chi connectivity index (χ4v) is 0.986. The molecule has 76 valence electrons. The molecule has 14 heavy (non-hydrogen) atoms. The van der Waals surface area contributed by atoms with E-state index in [1.54, 1.807) is 19.1 Å². The Balaban J connectivity index is 2.60. The molecule has 3 heteroatoms. The molecule has 1 aromatic rings. The van der Waals surface area contributed by atoms with Gasteiger partial charge in [0.25, 0.3) is 0 Å². The quantitative estimate of drug-likeness (QED) is 0.596. The van der Waals surface area contributed by atoms with Gasteiger partial charge in [-0.3, -0.25) is 0 Å². The van der Waals surface area contributed by atoms with E-state index in [-0.39, 0.29) is 5.82 Å². The Bertz CT molecular complexity index is 336. The third kappa shape index (κ3) is 3.07. The first-order valence-corrected chi connectivity index (χ1v) is 4.93. The summed E-state index contributed by atoms with van der Waals surface area (Å²) in [5, 5.41) is 0. The second-order valence-corrected chi connectivity index (χ2v) is 3.42. The molecule has 0 spiro atoms. The van der Waals surface area contributed by atoms with Gasteiger partial charge in [0, 0.05) is 11.8 Å². The zero-order chi connectivity index (χ0) is 10.6. The lowest BCUT2D eigenvalue weighted by Crippen LogP contribution is -2.01. The van der Waals surface area contributed by atoms with Gasteiger partial charge in [-0.1, -0.05) is 12.6 Å². The number of rotatable bonds is 4. The number of ether oxygens (including phenoxy) is 1. The predicted molar refractivity (Wildman–Crippen MR) is 59.6 cm³/mol. The van der Waals surface area contributed by atoms with Crippen molar-refractivity contribution in [3.8, 4) is 5.75 Å². The van der Waals surface area contributed by atoms with Gasteiger partial charge >= 0.3 is 0 Å². The van der Waals surface area contributed by atoms with Gasteiger partial charge < -0.3 is 4.74 Å². The number of hydrogen-bond acceptors (Lipinski definition) is 2. The lowest BCUT2D eigenvalue weighted by molar-refractivity contribution is 0.351. The van der Waals surface area contributed by atoms with E-state index in [9.17, 15) is 4.39 Å². The molecule has 0 saturated heterocycles. The van der Waals surface area contributed by atoms with Crippen LogP contribution >= 0.6 is 12.6 Å². The maximum Gasteiger partial charge on any atom is 0.129 e. The monoisotopic (exact) mass is 212 g/mol. The molecule has 1 aromatic carbocycles. The molecule has 0 aliphatic heterocycles. The summed E-state index contributed by atoms with van der Waals surface area (Å²) < 4.78 is 18.4. The molecular formula is C11H13FOS. The van der Waals surface area contributed by atoms with Gasteiger partial charge in [0.1, 0.15) is 18.2 Å². The molecule has 0 aromatic heterocycles. The molecule has 0 bridgehead atoms. The van der Waals surface area contributed by atoms with E-state index >= 15 is 0 Å². The largest absolute Gasteiger partial charge is 0.489 e. The molecular weight excluding hydrogens is 199 g/mol. The lowest BCUT2D eigenvalue weighted by Gasteiger charge is -2.07. The van der Waals surface area contributed by atoms with Crippen molar-refractivity contribution in [1.82, 2.24) is 0 Å². The molecule has 0 fully saturated rings. The van der Waals surface area contributed by atoms with Crippen molar-refractivity contribution in [3.63, 3.8) is 0 Å². The van der Waals surface area contributed by atoms with Crippen LogP contribution in [0.15, 0.2) is 30.4 Å². The van der Waals surface area contributed by atoms with E-state index in [2.05, 4.69) is 19.2 Å². The molecule has 0 radical (unpaired) electrons. The Hall–Kier alpha value is -0.960. The van der Waals surface area contributed by atoms with Crippen LogP contribution in [0.5, 0.6) is 5.75 Å². The summed E-state index contributed by atoms with van der Waals surface area (Å²) in [6.07, 6.45) is 0. The van der Waals surface area contributed by atoms with Gasteiger partial charge in [-0.15, -0.1) is 0 Å². The van der Waals surface area contributed by atoms with Crippen molar-refractivity contribution in [2.75, 3.05) is 12.4 Å². The van der Waals surface area contributed by atoms with Crippen LogP contribution in [0.1, 0.15) is 5.56 Å². The van der Waals surface area contributed by atoms with E-state index < -0.39 is 0 Å². The molecule has 1 rings (SSSR count). The molecule has 0 aliphatic rings. The minimum absolute atomic E-state index is 0.251. The van der Waals surface area contributed by atoms with Gasteiger partial charge in [0.2, 0.25) is 0 Å². The highest BCUT2D eigenvalue weighted by Crippen LogP contribution is 2.16. The average Bonchev–Trinajstić information content (AvgIpc) is 2.19. The smallest absolute Gasteiger partial charge is 0.129 e. The summed E-state index contributed by atoms with van der Waals surface area (Å²) in [4.78, 5) is 0. The maximum absolute atomic E-state index is 13.1. The summed E-state index contributed by atoms with van der Waals surface area (Å²) in [7, 11) is 0. The summed E-state index contributed by atoms with van der Waals surface area (Å²) in [5.41, 5.74) is 1.49. The van der Waals surface area contributed by atoms with Crippen LogP contribution in [0.25, 0.3) is 0 Å². The molecule has 0 aliphatic carbocycles. The van der Waals surface area contributed by atoms with Crippen LogP contribution in [-0.4, -0.2) is 12.4 Å². The summed E-state index contributed by atoms with van der Waals surface area (Å²) in [5.74, 6) is 0.851. The molecule has 0 heterocycles. The van der Waals surface area contributed by atoms with Crippen LogP contribution in [0.2, 0.25) is 0 Å². The number of aryl methyl sites for hydroxylation is 1. The SMILES string of the molecule is C=C(CS)COc1ccc(C)c(F)c1. The first kappa shape index (κ1) is 11.1. The molecule has 0 amide bonds. The van der Waals surface area contributed by atoms with Crippen molar-refractivity contribution in [3.05, 3.63) is 41.7 Å². The number of halogens is 1. The number of benzene rings is 1. The van der Waals surface area contributed by atoms with Gasteiger partial charge in [0.15, 0.2) is 0 Å². The molecule has 1 nitrogen and oxygen atoms in total. The van der Waals surface area contributed by atoms with Gasteiger partial charge in [-0.2, -0.15) is 12.6 Å². The van der Waals surface area contributed by atoms with E-state index in [0.717, 1.165) is 5.57 Å². The summed E-state index contributed by atoms with van der Waals surface area (Å²) in [6.45, 7) is 5.83. The van der Waals surface area contributed by atoms with Crippen molar-refractivity contribution < 1.29 is 9.13 Å².